The van der Waals surface area contributed by atoms with Crippen LogP contribution in [0.4, 0.5) is 0 Å². The van der Waals surface area contributed by atoms with Gasteiger partial charge in [0.1, 0.15) is 5.70 Å². The molecule has 0 aromatic heterocycles. The lowest BCUT2D eigenvalue weighted by molar-refractivity contribution is -0.128. The molecule has 3 fully saturated rings. The fourth-order valence-electron chi connectivity index (χ4n) is 7.09. The normalized spacial score (nSPS) is 23.6. The molecule has 4 N–H and O–H groups in total. The number of rotatable bonds is 10. The van der Waals surface area contributed by atoms with Crippen LogP contribution in [0.1, 0.15) is 90.9 Å². The monoisotopic (exact) mass is 627 g/mol. The maximum atomic E-state index is 13.7. The lowest BCUT2D eigenvalue weighted by atomic mass is 9.88. The third-order valence-electron chi connectivity index (χ3n) is 9.88. The molecule has 3 saturated heterocycles. The number of aliphatic imine (C=N–C) groups is 1. The maximum absolute atomic E-state index is 13.7. The number of carbonyl (C=O) groups is 2. The van der Waals surface area contributed by atoms with E-state index in [-0.39, 0.29) is 18.1 Å². The highest BCUT2D eigenvalue weighted by Crippen LogP contribution is 2.33. The van der Waals surface area contributed by atoms with Gasteiger partial charge in [-0.1, -0.05) is 48.5 Å². The van der Waals surface area contributed by atoms with Gasteiger partial charge in [-0.25, -0.2) is 9.79 Å². The van der Waals surface area contributed by atoms with Crippen molar-refractivity contribution in [3.8, 4) is 0 Å². The Morgan fingerprint density at radius 3 is 2.52 bits per heavy atom. The number of amides is 1. The molecule has 0 aliphatic carbocycles. The van der Waals surface area contributed by atoms with Gasteiger partial charge in [-0.15, -0.1) is 0 Å². The van der Waals surface area contributed by atoms with Crippen LogP contribution in [0.5, 0.6) is 0 Å². The predicted molar refractivity (Wildman–Crippen MR) is 182 cm³/mol. The summed E-state index contributed by atoms with van der Waals surface area (Å²) in [6, 6.07) is 16.3. The van der Waals surface area contributed by atoms with E-state index in [0.717, 1.165) is 63.6 Å². The molecule has 0 spiro atoms. The van der Waals surface area contributed by atoms with Crippen molar-refractivity contribution < 1.29 is 19.4 Å². The van der Waals surface area contributed by atoms with Crippen LogP contribution in [-0.2, 0) is 9.53 Å². The largest absolute Gasteiger partial charge is 0.478 e. The molecule has 3 aliphatic rings. The summed E-state index contributed by atoms with van der Waals surface area (Å²) in [6.45, 7) is 12.0. The molecule has 2 aromatic carbocycles. The summed E-state index contributed by atoms with van der Waals surface area (Å²) in [4.78, 5) is 33.9. The second-order valence-electron chi connectivity index (χ2n) is 13.0. The van der Waals surface area contributed by atoms with Crippen LogP contribution in [-0.4, -0.2) is 78.0 Å². The fraction of sp³-hybridized carbons (Fsp3) is 0.486. The zero-order valence-corrected chi connectivity index (χ0v) is 27.3. The third-order valence-corrected chi connectivity index (χ3v) is 9.88. The zero-order chi connectivity index (χ0) is 32.6. The van der Waals surface area contributed by atoms with Crippen LogP contribution >= 0.6 is 0 Å². The number of nitrogens with two attached hydrogens (primary N) is 1. The van der Waals surface area contributed by atoms with Crippen molar-refractivity contribution in [3.63, 3.8) is 0 Å². The van der Waals surface area contributed by atoms with Crippen LogP contribution in [0, 0.1) is 6.92 Å². The summed E-state index contributed by atoms with van der Waals surface area (Å²) in [6.07, 6.45) is 8.30. The quantitative estimate of drug-likeness (QED) is 0.137. The van der Waals surface area contributed by atoms with E-state index < -0.39 is 5.97 Å². The molecule has 1 amide bonds. The average molecular weight is 628 g/mol. The number of piperidine rings is 2. The number of aromatic carboxylic acids is 1. The highest BCUT2D eigenvalue weighted by Gasteiger charge is 2.32. The molecule has 246 valence electrons. The molecule has 2 aromatic rings. The Balaban J connectivity index is 1.14. The van der Waals surface area contributed by atoms with Gasteiger partial charge >= 0.3 is 5.97 Å². The Bertz CT molecular complexity index is 1440. The summed E-state index contributed by atoms with van der Waals surface area (Å²) < 4.78 is 6.43. The van der Waals surface area contributed by atoms with Gasteiger partial charge in [0, 0.05) is 43.5 Å². The molecule has 3 heterocycles. The van der Waals surface area contributed by atoms with Crippen molar-refractivity contribution in [1.29, 1.82) is 0 Å². The van der Waals surface area contributed by atoms with Crippen LogP contribution in [0.3, 0.4) is 0 Å². The van der Waals surface area contributed by atoms with Crippen molar-refractivity contribution in [2.45, 2.75) is 83.0 Å². The molecule has 0 radical (unpaired) electrons. The van der Waals surface area contributed by atoms with Gasteiger partial charge in [0.15, 0.2) is 0 Å². The summed E-state index contributed by atoms with van der Waals surface area (Å²) in [5.74, 6) is -0.704. The molecule has 0 saturated carbocycles. The number of allylic oxidation sites excluding steroid dienone is 1. The predicted octanol–water partition coefficient (Wildman–Crippen LogP) is 5.54. The van der Waals surface area contributed by atoms with Crippen molar-refractivity contribution >= 4 is 18.2 Å². The molecule has 0 bridgehead atoms. The van der Waals surface area contributed by atoms with Crippen molar-refractivity contribution in [3.05, 3.63) is 94.3 Å². The number of hydrogen-bond acceptors (Lipinski definition) is 6. The maximum Gasteiger partial charge on any atom is 0.335 e. The number of ether oxygens (including phenoxy) is 1. The summed E-state index contributed by atoms with van der Waals surface area (Å²) >= 11 is 0. The Morgan fingerprint density at radius 1 is 1.04 bits per heavy atom. The number of carbonyl (C=O) groups excluding carboxylic acids is 1. The molecule has 2 unspecified atom stereocenters. The Kier molecular flexibility index (Phi) is 11.3. The van der Waals surface area contributed by atoms with Gasteiger partial charge in [-0.3, -0.25) is 9.69 Å². The number of aryl methyl sites for hydroxylation is 1. The standard InChI is InChI=1S/C37H49N5O4/c1-25-12-14-28(15-13-25)34-11-5-10-33(46-34)22-39-27(3)26(2)35(40-24-38)36(43)41-19-16-32(17-20-41)42-18-6-9-31(23-42)29-7-4-8-30(21-29)37(44)45/h4,7-8,12-15,21,24,31-34,39H,3,5-6,9-11,16-20,22-23H2,1-2H3,(H2,38,40)(H,44,45)/b35-26-/t31?,33-,34?/m1/s1. The second-order valence-corrected chi connectivity index (χ2v) is 13.0. The molecule has 46 heavy (non-hydrogen) atoms. The third kappa shape index (κ3) is 8.25. The number of hydrogen-bond donors (Lipinski definition) is 3. The zero-order valence-electron chi connectivity index (χ0n) is 27.3. The first-order valence-electron chi connectivity index (χ1n) is 16.7. The minimum Gasteiger partial charge on any atom is -0.478 e. The van der Waals surface area contributed by atoms with Gasteiger partial charge in [0.25, 0.3) is 5.91 Å². The number of nitrogens with zero attached hydrogens (tertiary/aromatic N) is 3. The van der Waals surface area contributed by atoms with Crippen LogP contribution < -0.4 is 11.1 Å². The van der Waals surface area contributed by atoms with Crippen LogP contribution in [0.2, 0.25) is 0 Å². The summed E-state index contributed by atoms with van der Waals surface area (Å²) in [7, 11) is 0. The minimum atomic E-state index is -0.890. The fourth-order valence-corrected chi connectivity index (χ4v) is 7.09. The molecule has 9 heteroatoms. The number of likely N-dealkylation sites (tertiary alicyclic amines) is 2. The van der Waals surface area contributed by atoms with Gasteiger partial charge in [0.05, 0.1) is 24.1 Å². The molecule has 3 atom stereocenters. The highest BCUT2D eigenvalue weighted by atomic mass is 16.5. The van der Waals surface area contributed by atoms with E-state index in [4.69, 9.17) is 10.5 Å². The van der Waals surface area contributed by atoms with E-state index in [1.54, 1.807) is 6.07 Å². The number of benzene rings is 2. The molecule has 9 nitrogen and oxygen atoms in total. The molecule has 5 rings (SSSR count). The first-order valence-corrected chi connectivity index (χ1v) is 16.7. The van der Waals surface area contributed by atoms with E-state index in [9.17, 15) is 14.7 Å². The van der Waals surface area contributed by atoms with Crippen molar-refractivity contribution in [1.82, 2.24) is 15.1 Å². The highest BCUT2D eigenvalue weighted by molar-refractivity contribution is 5.95. The molecule has 3 aliphatic heterocycles. The van der Waals surface area contributed by atoms with Crippen molar-refractivity contribution in [2.24, 2.45) is 10.7 Å². The second kappa shape index (κ2) is 15.6. The van der Waals surface area contributed by atoms with Crippen molar-refractivity contribution in [2.75, 3.05) is 32.7 Å². The van der Waals surface area contributed by atoms with E-state index in [2.05, 4.69) is 53.0 Å². The first kappa shape index (κ1) is 33.4. The van der Waals surface area contributed by atoms with Gasteiger partial charge in [-0.05, 0) is 94.5 Å². The van der Waals surface area contributed by atoms with Crippen LogP contribution in [0.15, 0.2) is 77.1 Å². The number of nitrogens with one attached hydrogen (secondary N) is 1. The Hall–Kier alpha value is -3.95. The molecular formula is C37H49N5O4. The van der Waals surface area contributed by atoms with Gasteiger partial charge < -0.3 is 25.8 Å². The van der Waals surface area contributed by atoms with Gasteiger partial charge in [0.2, 0.25) is 0 Å². The number of carboxylic acid groups (broad SMARTS) is 1. The van der Waals surface area contributed by atoms with Crippen LogP contribution in [0.25, 0.3) is 0 Å². The average Bonchev–Trinajstić information content (AvgIpc) is 3.09. The topological polar surface area (TPSA) is 120 Å². The lowest BCUT2D eigenvalue weighted by Gasteiger charge is -2.42. The Labute approximate surface area is 273 Å². The van der Waals surface area contributed by atoms with E-state index >= 15 is 0 Å². The lowest BCUT2D eigenvalue weighted by Crippen LogP contribution is -2.49. The minimum absolute atomic E-state index is 0.0521. The summed E-state index contributed by atoms with van der Waals surface area (Å²) in [5, 5.41) is 12.8. The number of carboxylic acids is 1. The van der Waals surface area contributed by atoms with E-state index in [1.165, 1.54) is 17.5 Å². The Morgan fingerprint density at radius 2 is 1.80 bits per heavy atom. The summed E-state index contributed by atoms with van der Waals surface area (Å²) in [5.41, 5.74) is 11.2. The first-order chi connectivity index (χ1) is 22.2. The smallest absolute Gasteiger partial charge is 0.335 e. The molecular weight excluding hydrogens is 578 g/mol. The van der Waals surface area contributed by atoms with E-state index in [1.807, 2.05) is 30.0 Å². The SMILES string of the molecule is C=C(NC[C@H]1CCCC(c2ccc(C)cc2)O1)/C(C)=C(\N=CN)C(=O)N1CCC(N2CCCC(c3cccc(C(=O)O)c3)C2)CC1. The van der Waals surface area contributed by atoms with E-state index in [0.29, 0.717) is 54.1 Å². The van der Waals surface area contributed by atoms with Gasteiger partial charge in [-0.2, -0.15) is 0 Å².